The molecule has 9 heteroatoms. The summed E-state index contributed by atoms with van der Waals surface area (Å²) in [6.45, 7) is 0.529. The van der Waals surface area contributed by atoms with E-state index in [1.807, 2.05) is 0 Å². The topological polar surface area (TPSA) is 99.2 Å². The number of ether oxygens (including phenoxy) is 3. The Hall–Kier alpha value is -2.91. The Morgan fingerprint density at radius 3 is 2.16 bits per heavy atom. The highest BCUT2D eigenvalue weighted by atomic mass is 32.2. The highest BCUT2D eigenvalue weighted by Crippen LogP contribution is 2.25. The van der Waals surface area contributed by atoms with Crippen LogP contribution in [0.5, 0.6) is 11.5 Å². The van der Waals surface area contributed by atoms with E-state index in [4.69, 9.17) is 14.2 Å². The predicted molar refractivity (Wildman–Crippen MR) is 118 cm³/mol. The van der Waals surface area contributed by atoms with Gasteiger partial charge < -0.3 is 14.2 Å². The SMILES string of the molecule is COc1ccc(C(=O)COC(=O)c2ccc(S(=O)(=O)N3CCCCCC3)cc2)c(OC)c1. The van der Waals surface area contributed by atoms with Gasteiger partial charge in [-0.1, -0.05) is 12.8 Å². The maximum atomic E-state index is 12.8. The normalized spacial score (nSPS) is 14.9. The summed E-state index contributed by atoms with van der Waals surface area (Å²) < 4.78 is 42.6. The second-order valence-corrected chi connectivity index (χ2v) is 9.35. The summed E-state index contributed by atoms with van der Waals surface area (Å²) in [5.41, 5.74) is 0.425. The van der Waals surface area contributed by atoms with Crippen LogP contribution in [0.3, 0.4) is 0 Å². The van der Waals surface area contributed by atoms with Crippen LogP contribution in [0.25, 0.3) is 0 Å². The van der Waals surface area contributed by atoms with Gasteiger partial charge in [-0.3, -0.25) is 4.79 Å². The fraction of sp³-hybridized carbons (Fsp3) is 0.391. The molecule has 3 rings (SSSR count). The summed E-state index contributed by atoms with van der Waals surface area (Å²) in [5.74, 6) is -0.304. The Morgan fingerprint density at radius 1 is 0.906 bits per heavy atom. The number of benzene rings is 2. The van der Waals surface area contributed by atoms with E-state index in [1.54, 1.807) is 12.1 Å². The number of Topliss-reactive ketones (excluding diaryl/α,β-unsaturated/α-hetero) is 1. The number of hydrogen-bond donors (Lipinski definition) is 0. The molecule has 0 N–H and O–H groups in total. The zero-order valence-electron chi connectivity index (χ0n) is 18.2. The first-order valence-electron chi connectivity index (χ1n) is 10.4. The molecule has 0 spiro atoms. The molecule has 32 heavy (non-hydrogen) atoms. The number of esters is 1. The molecule has 1 aliphatic rings. The largest absolute Gasteiger partial charge is 0.497 e. The van der Waals surface area contributed by atoms with Crippen LogP contribution in [-0.4, -0.2) is 58.4 Å². The van der Waals surface area contributed by atoms with Crippen molar-refractivity contribution in [2.75, 3.05) is 33.9 Å². The Balaban J connectivity index is 1.64. The number of sulfonamides is 1. The summed E-state index contributed by atoms with van der Waals surface area (Å²) >= 11 is 0. The smallest absolute Gasteiger partial charge is 0.338 e. The van der Waals surface area contributed by atoms with Crippen molar-refractivity contribution >= 4 is 21.8 Å². The molecule has 1 fully saturated rings. The molecule has 0 bridgehead atoms. The van der Waals surface area contributed by atoms with Gasteiger partial charge >= 0.3 is 5.97 Å². The first-order valence-corrected chi connectivity index (χ1v) is 11.8. The molecule has 8 nitrogen and oxygen atoms in total. The van der Waals surface area contributed by atoms with Crippen LogP contribution in [0.15, 0.2) is 47.4 Å². The minimum Gasteiger partial charge on any atom is -0.497 e. The molecule has 0 amide bonds. The highest BCUT2D eigenvalue weighted by molar-refractivity contribution is 7.89. The second-order valence-electron chi connectivity index (χ2n) is 7.41. The molecule has 2 aromatic rings. The van der Waals surface area contributed by atoms with Crippen LogP contribution in [0.1, 0.15) is 46.4 Å². The fourth-order valence-corrected chi connectivity index (χ4v) is 5.03. The third-order valence-electron chi connectivity index (χ3n) is 5.34. The number of carbonyl (C=O) groups is 2. The Bertz CT molecular complexity index is 1060. The molecular weight excluding hydrogens is 434 g/mol. The van der Waals surface area contributed by atoms with Crippen LogP contribution in [-0.2, 0) is 14.8 Å². The third kappa shape index (κ3) is 5.46. The van der Waals surface area contributed by atoms with E-state index in [1.165, 1.54) is 48.9 Å². The molecule has 1 saturated heterocycles. The molecule has 0 saturated carbocycles. The predicted octanol–water partition coefficient (Wildman–Crippen LogP) is 3.31. The summed E-state index contributed by atoms with van der Waals surface area (Å²) in [6.07, 6.45) is 3.74. The van der Waals surface area contributed by atoms with Gasteiger partial charge in [-0.15, -0.1) is 0 Å². The average molecular weight is 462 g/mol. The van der Waals surface area contributed by atoms with Gasteiger partial charge in [0.1, 0.15) is 11.5 Å². The lowest BCUT2D eigenvalue weighted by molar-refractivity contribution is 0.0474. The van der Waals surface area contributed by atoms with Crippen LogP contribution >= 0.6 is 0 Å². The summed E-state index contributed by atoms with van der Waals surface area (Å²) in [6, 6.07) is 10.3. The quantitative estimate of drug-likeness (QED) is 0.439. The van der Waals surface area contributed by atoms with Crippen molar-refractivity contribution in [3.8, 4) is 11.5 Å². The van der Waals surface area contributed by atoms with Crippen molar-refractivity contribution in [1.29, 1.82) is 0 Å². The minimum absolute atomic E-state index is 0.134. The fourth-order valence-electron chi connectivity index (χ4n) is 3.52. The molecule has 2 aromatic carbocycles. The standard InChI is InChI=1S/C23H27NO7S/c1-29-18-9-12-20(22(15-18)30-2)21(25)16-31-23(26)17-7-10-19(11-8-17)32(27,28)24-13-5-3-4-6-14-24/h7-12,15H,3-6,13-14,16H2,1-2H3. The van der Waals surface area contributed by atoms with E-state index in [0.29, 0.717) is 24.6 Å². The van der Waals surface area contributed by atoms with Crippen molar-refractivity contribution in [2.45, 2.75) is 30.6 Å². The number of hydrogen-bond acceptors (Lipinski definition) is 7. The molecule has 172 valence electrons. The van der Waals surface area contributed by atoms with Crippen LogP contribution < -0.4 is 9.47 Å². The van der Waals surface area contributed by atoms with Gasteiger partial charge in [-0.2, -0.15) is 4.31 Å². The first kappa shape index (κ1) is 23.7. The lowest BCUT2D eigenvalue weighted by atomic mass is 10.1. The lowest BCUT2D eigenvalue weighted by Crippen LogP contribution is -2.31. The third-order valence-corrected chi connectivity index (χ3v) is 7.25. The van der Waals surface area contributed by atoms with E-state index in [-0.39, 0.29) is 16.0 Å². The lowest BCUT2D eigenvalue weighted by Gasteiger charge is -2.20. The Morgan fingerprint density at radius 2 is 1.56 bits per heavy atom. The van der Waals surface area contributed by atoms with Crippen LogP contribution in [0, 0.1) is 0 Å². The minimum atomic E-state index is -3.60. The van der Waals surface area contributed by atoms with Crippen molar-refractivity contribution < 1.29 is 32.2 Å². The number of carbonyl (C=O) groups excluding carboxylic acids is 2. The van der Waals surface area contributed by atoms with Gasteiger partial charge in [0.15, 0.2) is 6.61 Å². The number of methoxy groups -OCH3 is 2. The maximum Gasteiger partial charge on any atom is 0.338 e. The monoisotopic (exact) mass is 461 g/mol. The molecule has 0 aliphatic carbocycles. The van der Waals surface area contributed by atoms with E-state index in [2.05, 4.69) is 0 Å². The van der Waals surface area contributed by atoms with Gasteiger partial charge in [0, 0.05) is 19.2 Å². The number of rotatable bonds is 8. The molecule has 0 radical (unpaired) electrons. The Labute approximate surface area is 188 Å². The first-order chi connectivity index (χ1) is 15.4. The van der Waals surface area contributed by atoms with E-state index in [0.717, 1.165) is 25.7 Å². The number of ketones is 1. The summed E-state index contributed by atoms with van der Waals surface area (Å²) in [5, 5.41) is 0. The van der Waals surface area contributed by atoms with Crippen LogP contribution in [0.2, 0.25) is 0 Å². The van der Waals surface area contributed by atoms with Gasteiger partial charge in [0.05, 0.1) is 30.2 Å². The number of nitrogens with zero attached hydrogens (tertiary/aromatic N) is 1. The van der Waals surface area contributed by atoms with Crippen molar-refractivity contribution in [1.82, 2.24) is 4.31 Å². The summed E-state index contributed by atoms with van der Waals surface area (Å²) in [4.78, 5) is 25.0. The summed E-state index contributed by atoms with van der Waals surface area (Å²) in [7, 11) is -0.668. The van der Waals surface area contributed by atoms with E-state index in [9.17, 15) is 18.0 Å². The average Bonchev–Trinajstić information content (AvgIpc) is 3.12. The molecule has 1 heterocycles. The zero-order valence-corrected chi connectivity index (χ0v) is 19.0. The molecule has 0 aromatic heterocycles. The van der Waals surface area contributed by atoms with Gasteiger partial charge in [0.25, 0.3) is 0 Å². The van der Waals surface area contributed by atoms with E-state index >= 15 is 0 Å². The van der Waals surface area contributed by atoms with Gasteiger partial charge in [0.2, 0.25) is 15.8 Å². The van der Waals surface area contributed by atoms with Crippen LogP contribution in [0.4, 0.5) is 0 Å². The Kier molecular flexibility index (Phi) is 7.87. The molecule has 0 atom stereocenters. The second kappa shape index (κ2) is 10.6. The zero-order chi connectivity index (χ0) is 23.1. The highest BCUT2D eigenvalue weighted by Gasteiger charge is 2.25. The van der Waals surface area contributed by atoms with Gasteiger partial charge in [-0.25, -0.2) is 13.2 Å². The van der Waals surface area contributed by atoms with Gasteiger partial charge in [-0.05, 0) is 49.2 Å². The van der Waals surface area contributed by atoms with Crippen molar-refractivity contribution in [2.24, 2.45) is 0 Å². The molecular formula is C23H27NO7S. The van der Waals surface area contributed by atoms with Crippen molar-refractivity contribution in [3.63, 3.8) is 0 Å². The molecule has 1 aliphatic heterocycles. The maximum absolute atomic E-state index is 12.8. The van der Waals surface area contributed by atoms with E-state index < -0.39 is 28.4 Å². The van der Waals surface area contributed by atoms with Crippen molar-refractivity contribution in [3.05, 3.63) is 53.6 Å². The molecule has 0 unspecified atom stereocenters.